The molecule has 1 heterocycles. The number of rotatable bonds is 4. The third-order valence-electron chi connectivity index (χ3n) is 3.66. The zero-order chi connectivity index (χ0) is 13.0. The minimum atomic E-state index is -0.771. The fraction of sp³-hybridized carbons (Fsp3) is 0.533. The lowest BCUT2D eigenvalue weighted by Crippen LogP contribution is -2.32. The quantitative estimate of drug-likeness (QED) is 0.889. The lowest BCUT2D eigenvalue weighted by molar-refractivity contribution is -0.136. The minimum absolute atomic E-state index is 0.113. The number of likely N-dealkylation sites (tertiary alicyclic amines) is 1. The summed E-state index contributed by atoms with van der Waals surface area (Å²) in [5.74, 6) is 0.0898. The molecule has 18 heavy (non-hydrogen) atoms. The van der Waals surface area contributed by atoms with Crippen LogP contribution in [0.3, 0.4) is 0 Å². The predicted octanol–water partition coefficient (Wildman–Crippen LogP) is 2.55. The smallest absolute Gasteiger partial charge is 0.307 e. The zero-order valence-electron chi connectivity index (χ0n) is 10.9. The van der Waals surface area contributed by atoms with E-state index in [4.69, 9.17) is 5.11 Å². The fourth-order valence-electron chi connectivity index (χ4n) is 2.42. The third-order valence-corrected chi connectivity index (χ3v) is 3.66. The molecular formula is C15H21NO2. The number of aliphatic carboxylic acids is 1. The molecule has 3 nitrogen and oxygen atoms in total. The summed E-state index contributed by atoms with van der Waals surface area (Å²) in [7, 11) is 0. The van der Waals surface area contributed by atoms with Gasteiger partial charge in [-0.05, 0) is 43.0 Å². The van der Waals surface area contributed by atoms with Gasteiger partial charge in [0.2, 0.25) is 0 Å². The highest BCUT2D eigenvalue weighted by atomic mass is 16.4. The van der Waals surface area contributed by atoms with Crippen molar-refractivity contribution in [2.75, 3.05) is 13.1 Å². The molecule has 1 aromatic carbocycles. The number of nitrogens with zero attached hydrogens (tertiary/aromatic N) is 1. The summed E-state index contributed by atoms with van der Waals surface area (Å²) >= 11 is 0. The van der Waals surface area contributed by atoms with Crippen LogP contribution in [0.5, 0.6) is 0 Å². The van der Waals surface area contributed by atoms with Gasteiger partial charge in [-0.3, -0.25) is 9.69 Å². The zero-order valence-corrected chi connectivity index (χ0v) is 10.9. The van der Waals surface area contributed by atoms with E-state index in [1.165, 1.54) is 31.5 Å². The maximum Gasteiger partial charge on any atom is 0.307 e. The van der Waals surface area contributed by atoms with Crippen LogP contribution in [0.1, 0.15) is 30.9 Å². The predicted molar refractivity (Wildman–Crippen MR) is 71.5 cm³/mol. The second kappa shape index (κ2) is 6.01. The van der Waals surface area contributed by atoms with Crippen LogP contribution < -0.4 is 0 Å². The first-order chi connectivity index (χ1) is 8.63. The Bertz CT molecular complexity index is 391. The minimum Gasteiger partial charge on any atom is -0.481 e. The van der Waals surface area contributed by atoms with E-state index in [-0.39, 0.29) is 6.42 Å². The van der Waals surface area contributed by atoms with Crippen LogP contribution in [0.4, 0.5) is 0 Å². The van der Waals surface area contributed by atoms with E-state index in [1.54, 1.807) is 0 Å². The van der Waals surface area contributed by atoms with Crippen molar-refractivity contribution in [3.05, 3.63) is 35.4 Å². The van der Waals surface area contributed by atoms with Crippen molar-refractivity contribution in [3.63, 3.8) is 0 Å². The molecule has 0 atom stereocenters. The monoisotopic (exact) mass is 247 g/mol. The molecule has 1 aromatic rings. The van der Waals surface area contributed by atoms with Crippen molar-refractivity contribution in [1.29, 1.82) is 0 Å². The van der Waals surface area contributed by atoms with Crippen molar-refractivity contribution in [2.24, 2.45) is 5.92 Å². The molecule has 0 amide bonds. The van der Waals surface area contributed by atoms with Crippen LogP contribution in [0.15, 0.2) is 24.3 Å². The van der Waals surface area contributed by atoms with Gasteiger partial charge in [0.1, 0.15) is 0 Å². The van der Waals surface area contributed by atoms with Crippen LogP contribution in [-0.2, 0) is 17.8 Å². The molecule has 0 unspecified atom stereocenters. The number of piperidine rings is 1. The molecule has 0 radical (unpaired) electrons. The second-order valence-corrected chi connectivity index (χ2v) is 5.35. The average Bonchev–Trinajstić information content (AvgIpc) is 2.34. The highest BCUT2D eigenvalue weighted by molar-refractivity contribution is 5.70. The summed E-state index contributed by atoms with van der Waals surface area (Å²) in [6.45, 7) is 5.66. The van der Waals surface area contributed by atoms with E-state index in [9.17, 15) is 4.79 Å². The average molecular weight is 247 g/mol. The Labute approximate surface area is 108 Å². The molecule has 3 heteroatoms. The molecule has 1 saturated heterocycles. The van der Waals surface area contributed by atoms with Crippen LogP contribution in [-0.4, -0.2) is 29.1 Å². The molecule has 1 aliphatic rings. The van der Waals surface area contributed by atoms with Crippen molar-refractivity contribution in [3.8, 4) is 0 Å². The summed E-state index contributed by atoms with van der Waals surface area (Å²) in [6.07, 6.45) is 2.69. The van der Waals surface area contributed by atoms with Crippen molar-refractivity contribution >= 4 is 5.97 Å². The molecule has 1 N–H and O–H groups in total. The maximum atomic E-state index is 10.6. The van der Waals surface area contributed by atoms with Gasteiger partial charge in [-0.2, -0.15) is 0 Å². The highest BCUT2D eigenvalue weighted by Crippen LogP contribution is 2.18. The summed E-state index contributed by atoms with van der Waals surface area (Å²) in [4.78, 5) is 13.1. The van der Waals surface area contributed by atoms with Gasteiger partial charge in [0.15, 0.2) is 0 Å². The van der Waals surface area contributed by atoms with Crippen molar-refractivity contribution < 1.29 is 9.90 Å². The van der Waals surface area contributed by atoms with Gasteiger partial charge < -0.3 is 5.11 Å². The first kappa shape index (κ1) is 13.1. The van der Waals surface area contributed by atoms with Crippen molar-refractivity contribution in [1.82, 2.24) is 4.90 Å². The van der Waals surface area contributed by atoms with E-state index in [0.29, 0.717) is 0 Å². The Morgan fingerprint density at radius 3 is 2.33 bits per heavy atom. The maximum absolute atomic E-state index is 10.6. The number of benzene rings is 1. The van der Waals surface area contributed by atoms with Gasteiger partial charge in [0, 0.05) is 6.54 Å². The van der Waals surface area contributed by atoms with Gasteiger partial charge in [-0.25, -0.2) is 0 Å². The van der Waals surface area contributed by atoms with E-state index >= 15 is 0 Å². The molecule has 2 rings (SSSR count). The van der Waals surface area contributed by atoms with E-state index in [2.05, 4.69) is 24.0 Å². The Balaban J connectivity index is 1.88. The van der Waals surface area contributed by atoms with Gasteiger partial charge >= 0.3 is 5.97 Å². The number of carbonyl (C=O) groups is 1. The van der Waals surface area contributed by atoms with Gasteiger partial charge in [0.25, 0.3) is 0 Å². The number of carboxylic acid groups (broad SMARTS) is 1. The number of hydrogen-bond acceptors (Lipinski definition) is 2. The Morgan fingerprint density at radius 1 is 1.22 bits per heavy atom. The van der Waals surface area contributed by atoms with Crippen molar-refractivity contribution in [2.45, 2.75) is 32.7 Å². The van der Waals surface area contributed by atoms with Gasteiger partial charge in [0.05, 0.1) is 6.42 Å². The largest absolute Gasteiger partial charge is 0.481 e. The summed E-state index contributed by atoms with van der Waals surface area (Å²) < 4.78 is 0. The van der Waals surface area contributed by atoms with E-state index in [0.717, 1.165) is 18.0 Å². The molecule has 0 spiro atoms. The first-order valence-electron chi connectivity index (χ1n) is 6.65. The fourth-order valence-corrected chi connectivity index (χ4v) is 2.42. The molecule has 0 aromatic heterocycles. The van der Waals surface area contributed by atoms with Crippen LogP contribution in [0, 0.1) is 5.92 Å². The van der Waals surface area contributed by atoms with Crippen LogP contribution in [0.2, 0.25) is 0 Å². The summed E-state index contributed by atoms with van der Waals surface area (Å²) in [6, 6.07) is 7.96. The molecular weight excluding hydrogens is 226 g/mol. The van der Waals surface area contributed by atoms with E-state index in [1.807, 2.05) is 12.1 Å². The molecule has 98 valence electrons. The second-order valence-electron chi connectivity index (χ2n) is 5.35. The lowest BCUT2D eigenvalue weighted by Gasteiger charge is -2.30. The van der Waals surface area contributed by atoms with Gasteiger partial charge in [-0.15, -0.1) is 0 Å². The van der Waals surface area contributed by atoms with Gasteiger partial charge in [-0.1, -0.05) is 31.2 Å². The topological polar surface area (TPSA) is 40.5 Å². The third kappa shape index (κ3) is 3.84. The molecule has 0 aliphatic carbocycles. The Hall–Kier alpha value is -1.35. The standard InChI is InChI=1S/C15H21NO2/c1-12-6-8-16(9-7-12)11-14-4-2-13(3-5-14)10-15(17)18/h2-5,12H,6-11H2,1H3,(H,17,18). The first-order valence-corrected chi connectivity index (χ1v) is 6.65. The summed E-state index contributed by atoms with van der Waals surface area (Å²) in [5, 5.41) is 8.71. The lowest BCUT2D eigenvalue weighted by atomic mass is 9.98. The van der Waals surface area contributed by atoms with Crippen LogP contribution >= 0.6 is 0 Å². The molecule has 0 bridgehead atoms. The SMILES string of the molecule is CC1CCN(Cc2ccc(CC(=O)O)cc2)CC1. The van der Waals surface area contributed by atoms with E-state index < -0.39 is 5.97 Å². The molecule has 0 saturated carbocycles. The Kier molecular flexibility index (Phi) is 4.37. The Morgan fingerprint density at radius 2 is 1.78 bits per heavy atom. The normalized spacial score (nSPS) is 17.8. The number of carboxylic acids is 1. The number of hydrogen-bond donors (Lipinski definition) is 1. The molecule has 1 fully saturated rings. The van der Waals surface area contributed by atoms with Crippen LogP contribution in [0.25, 0.3) is 0 Å². The highest BCUT2D eigenvalue weighted by Gasteiger charge is 2.15. The summed E-state index contributed by atoms with van der Waals surface area (Å²) in [5.41, 5.74) is 2.15. The molecule has 1 aliphatic heterocycles.